The van der Waals surface area contributed by atoms with Crippen molar-refractivity contribution in [3.8, 4) is 5.75 Å². The van der Waals surface area contributed by atoms with Gasteiger partial charge in [-0.3, -0.25) is 9.59 Å². The van der Waals surface area contributed by atoms with Crippen molar-refractivity contribution in [2.75, 3.05) is 7.11 Å². The maximum Gasteiger partial charge on any atom is 0.248 e. The number of aromatic nitrogens is 1. The van der Waals surface area contributed by atoms with E-state index in [2.05, 4.69) is 9.72 Å². The van der Waals surface area contributed by atoms with Gasteiger partial charge in [-0.2, -0.15) is 0 Å². The minimum atomic E-state index is -0.632. The molecule has 1 heterocycles. The number of fused-ring (bicyclic) bond motifs is 1. The summed E-state index contributed by atoms with van der Waals surface area (Å²) in [5.74, 6) is -0.707. The third kappa shape index (κ3) is 4.17. The summed E-state index contributed by atoms with van der Waals surface area (Å²) >= 11 is 5.50. The van der Waals surface area contributed by atoms with Gasteiger partial charge in [-0.15, -0.1) is 0 Å². The van der Waals surface area contributed by atoms with Crippen LogP contribution in [0, 0.1) is 5.82 Å². The van der Waals surface area contributed by atoms with E-state index >= 15 is 0 Å². The van der Waals surface area contributed by atoms with E-state index in [0.717, 1.165) is 17.0 Å². The molecule has 0 unspecified atom stereocenters. The summed E-state index contributed by atoms with van der Waals surface area (Å²) in [6, 6.07) is 13.5. The van der Waals surface area contributed by atoms with Crippen LogP contribution >= 0.6 is 11.6 Å². The molecule has 1 aromatic heterocycles. The molecule has 2 aromatic carbocycles. The number of methoxy groups -OCH3 is 1. The molecule has 0 amide bonds. The number of nitrogens with one attached hydrogen (secondary N) is 1. The standard InChI is InChI=1S/C9H7NO.C8H6ClFO2/c11-9-6-5-7-3-1-2-4-8(7)10-9;1-12-8-5(4-11)2-6(9)3-7(8)10/h1-6H,(H,10,11);2-4H,1H3. The molecule has 3 rings (SSSR count). The highest BCUT2D eigenvalue weighted by Crippen LogP contribution is 2.25. The van der Waals surface area contributed by atoms with Crippen LogP contribution in [-0.4, -0.2) is 18.4 Å². The number of pyridine rings is 1. The molecule has 23 heavy (non-hydrogen) atoms. The Morgan fingerprint density at radius 3 is 2.61 bits per heavy atom. The summed E-state index contributed by atoms with van der Waals surface area (Å²) in [4.78, 5) is 23.9. The van der Waals surface area contributed by atoms with Crippen molar-refractivity contribution < 1.29 is 13.9 Å². The van der Waals surface area contributed by atoms with E-state index in [0.29, 0.717) is 6.29 Å². The SMILES string of the molecule is COc1c(F)cc(Cl)cc1C=O.O=c1ccc2ccccc2[nH]1. The van der Waals surface area contributed by atoms with Crippen molar-refractivity contribution in [2.24, 2.45) is 0 Å². The van der Waals surface area contributed by atoms with Gasteiger partial charge in [0, 0.05) is 16.6 Å². The molecule has 0 aliphatic carbocycles. The van der Waals surface area contributed by atoms with Gasteiger partial charge in [0.25, 0.3) is 0 Å². The monoisotopic (exact) mass is 333 g/mol. The number of ether oxygens (including phenoxy) is 1. The Morgan fingerprint density at radius 1 is 1.17 bits per heavy atom. The number of benzene rings is 2. The second kappa shape index (κ2) is 7.56. The lowest BCUT2D eigenvalue weighted by Crippen LogP contribution is -2.01. The lowest BCUT2D eigenvalue weighted by molar-refractivity contribution is 0.111. The fourth-order valence-electron chi connectivity index (χ4n) is 1.98. The molecule has 0 aliphatic rings. The van der Waals surface area contributed by atoms with Crippen molar-refractivity contribution >= 4 is 28.8 Å². The van der Waals surface area contributed by atoms with Gasteiger partial charge in [0.2, 0.25) is 5.56 Å². The highest BCUT2D eigenvalue weighted by molar-refractivity contribution is 6.30. The third-order valence-electron chi connectivity index (χ3n) is 3.00. The van der Waals surface area contributed by atoms with Crippen LogP contribution in [0.4, 0.5) is 4.39 Å². The van der Waals surface area contributed by atoms with Crippen molar-refractivity contribution in [1.29, 1.82) is 0 Å². The van der Waals surface area contributed by atoms with E-state index in [9.17, 15) is 14.0 Å². The van der Waals surface area contributed by atoms with Crippen LogP contribution in [0.25, 0.3) is 10.9 Å². The van der Waals surface area contributed by atoms with E-state index in [-0.39, 0.29) is 21.9 Å². The molecule has 0 saturated heterocycles. The Bertz CT molecular complexity index is 892. The lowest BCUT2D eigenvalue weighted by atomic mass is 10.2. The Labute approximate surface area is 136 Å². The zero-order valence-electron chi connectivity index (χ0n) is 12.2. The Balaban J connectivity index is 0.000000167. The predicted molar refractivity (Wildman–Crippen MR) is 87.9 cm³/mol. The summed E-state index contributed by atoms with van der Waals surface area (Å²) in [5.41, 5.74) is 0.950. The Hall–Kier alpha value is -2.66. The highest BCUT2D eigenvalue weighted by atomic mass is 35.5. The summed E-state index contributed by atoms with van der Waals surface area (Å²) in [6.45, 7) is 0. The zero-order valence-corrected chi connectivity index (χ0v) is 12.9. The van der Waals surface area contributed by atoms with Gasteiger partial charge in [-0.1, -0.05) is 29.8 Å². The molecule has 0 aliphatic heterocycles. The molecule has 0 spiro atoms. The number of aromatic amines is 1. The second-order valence-electron chi connectivity index (χ2n) is 4.54. The van der Waals surface area contributed by atoms with Crippen molar-refractivity contribution in [3.05, 3.63) is 75.3 Å². The number of carbonyl (C=O) groups is 1. The molecule has 6 heteroatoms. The molecule has 3 aromatic rings. The number of hydrogen-bond acceptors (Lipinski definition) is 3. The van der Waals surface area contributed by atoms with E-state index in [1.54, 1.807) is 0 Å². The van der Waals surface area contributed by atoms with Crippen LogP contribution in [0.2, 0.25) is 5.02 Å². The lowest BCUT2D eigenvalue weighted by Gasteiger charge is -2.04. The molecule has 4 nitrogen and oxygen atoms in total. The average molecular weight is 334 g/mol. The fraction of sp³-hybridized carbons (Fsp3) is 0.0588. The quantitative estimate of drug-likeness (QED) is 0.725. The smallest absolute Gasteiger partial charge is 0.248 e. The summed E-state index contributed by atoms with van der Waals surface area (Å²) in [6.07, 6.45) is 0.494. The van der Waals surface area contributed by atoms with Crippen LogP contribution in [-0.2, 0) is 0 Å². The topological polar surface area (TPSA) is 59.2 Å². The van der Waals surface area contributed by atoms with Crippen molar-refractivity contribution in [2.45, 2.75) is 0 Å². The van der Waals surface area contributed by atoms with Gasteiger partial charge in [0.05, 0.1) is 12.7 Å². The van der Waals surface area contributed by atoms with E-state index in [1.165, 1.54) is 19.2 Å². The van der Waals surface area contributed by atoms with Crippen molar-refractivity contribution in [3.63, 3.8) is 0 Å². The first-order chi connectivity index (χ1) is 11.0. The molecule has 0 fully saturated rings. The van der Waals surface area contributed by atoms with Gasteiger partial charge in [0.1, 0.15) is 0 Å². The Morgan fingerprint density at radius 2 is 1.91 bits per heavy atom. The molecule has 0 bridgehead atoms. The number of H-pyrrole nitrogens is 1. The van der Waals surface area contributed by atoms with Gasteiger partial charge < -0.3 is 9.72 Å². The van der Waals surface area contributed by atoms with Gasteiger partial charge in [0.15, 0.2) is 17.9 Å². The predicted octanol–water partition coefficient (Wildman–Crippen LogP) is 3.83. The molecular weight excluding hydrogens is 321 g/mol. The van der Waals surface area contributed by atoms with Gasteiger partial charge in [-0.05, 0) is 29.7 Å². The van der Waals surface area contributed by atoms with Crippen LogP contribution in [0.5, 0.6) is 5.75 Å². The fourth-order valence-corrected chi connectivity index (χ4v) is 2.19. The van der Waals surface area contributed by atoms with Crippen LogP contribution in [0.15, 0.2) is 53.3 Å². The normalized spacial score (nSPS) is 9.87. The molecule has 0 atom stereocenters. The zero-order chi connectivity index (χ0) is 16.8. The minimum Gasteiger partial charge on any atom is -0.493 e. The number of para-hydroxylation sites is 1. The molecule has 0 saturated carbocycles. The maximum atomic E-state index is 12.9. The highest BCUT2D eigenvalue weighted by Gasteiger charge is 2.09. The van der Waals surface area contributed by atoms with E-state index < -0.39 is 5.82 Å². The summed E-state index contributed by atoms with van der Waals surface area (Å²) < 4.78 is 17.6. The van der Waals surface area contributed by atoms with Crippen LogP contribution < -0.4 is 10.3 Å². The average Bonchev–Trinajstić information content (AvgIpc) is 2.54. The number of halogens is 2. The van der Waals surface area contributed by atoms with E-state index in [4.69, 9.17) is 11.6 Å². The molecular formula is C17H13ClFNO3. The maximum absolute atomic E-state index is 12.9. The molecule has 0 radical (unpaired) electrons. The number of aldehydes is 1. The van der Waals surface area contributed by atoms with Crippen LogP contribution in [0.3, 0.4) is 0 Å². The number of rotatable bonds is 2. The first-order valence-corrected chi connectivity index (χ1v) is 6.99. The largest absolute Gasteiger partial charge is 0.493 e. The van der Waals surface area contributed by atoms with E-state index in [1.807, 2.05) is 30.3 Å². The summed E-state index contributed by atoms with van der Waals surface area (Å²) in [7, 11) is 1.29. The number of carbonyl (C=O) groups excluding carboxylic acids is 1. The first-order valence-electron chi connectivity index (χ1n) is 6.61. The number of hydrogen-bond donors (Lipinski definition) is 1. The Kier molecular flexibility index (Phi) is 5.49. The van der Waals surface area contributed by atoms with Crippen LogP contribution in [0.1, 0.15) is 10.4 Å². The minimum absolute atomic E-state index is 0.0521. The van der Waals surface area contributed by atoms with Gasteiger partial charge >= 0.3 is 0 Å². The summed E-state index contributed by atoms with van der Waals surface area (Å²) in [5, 5.41) is 1.24. The van der Waals surface area contributed by atoms with Gasteiger partial charge in [-0.25, -0.2) is 4.39 Å². The second-order valence-corrected chi connectivity index (χ2v) is 4.97. The third-order valence-corrected chi connectivity index (χ3v) is 3.22. The van der Waals surface area contributed by atoms with Crippen molar-refractivity contribution in [1.82, 2.24) is 4.98 Å². The molecule has 118 valence electrons. The molecule has 1 N–H and O–H groups in total. The first kappa shape index (κ1) is 16.7.